The van der Waals surface area contributed by atoms with E-state index in [1.165, 1.54) is 0 Å². The highest BCUT2D eigenvalue weighted by Crippen LogP contribution is 2.72. The van der Waals surface area contributed by atoms with E-state index >= 15 is 0 Å². The largest absolute Gasteiger partial charge is 0.497 e. The lowest BCUT2D eigenvalue weighted by Gasteiger charge is -2.22. The number of methoxy groups -OCH3 is 2. The number of ether oxygens (including phenoxy) is 2. The number of carbonyl (C=O) groups is 1. The van der Waals surface area contributed by atoms with Gasteiger partial charge >= 0.3 is 0 Å². The minimum Gasteiger partial charge on any atom is -0.497 e. The molecule has 3 rings (SSSR count). The third kappa shape index (κ3) is 2.15. The van der Waals surface area contributed by atoms with Gasteiger partial charge in [0.2, 0.25) is 0 Å². The standard InChI is InChI=1S/C16H21O3PS/c1-10-8-11(18-2)9-14(19-3)15(10)16(17)20(21)12-4-5-13(20)7-6-12/h8-9,12-13H,4-7H2,1-3H3. The van der Waals surface area contributed by atoms with Gasteiger partial charge in [0.25, 0.3) is 0 Å². The van der Waals surface area contributed by atoms with Crippen LogP contribution in [0.1, 0.15) is 41.6 Å². The van der Waals surface area contributed by atoms with Crippen molar-refractivity contribution in [2.75, 3.05) is 14.2 Å². The molecule has 1 aromatic carbocycles. The van der Waals surface area contributed by atoms with Crippen molar-refractivity contribution in [1.29, 1.82) is 0 Å². The Morgan fingerprint density at radius 1 is 1.14 bits per heavy atom. The van der Waals surface area contributed by atoms with E-state index in [0.29, 0.717) is 28.4 Å². The van der Waals surface area contributed by atoms with E-state index in [-0.39, 0.29) is 5.52 Å². The summed E-state index contributed by atoms with van der Waals surface area (Å²) in [5.41, 5.74) is 2.74. The molecule has 0 amide bonds. The number of hydrogen-bond donors (Lipinski definition) is 0. The van der Waals surface area contributed by atoms with Crippen LogP contribution in [0.25, 0.3) is 0 Å². The summed E-state index contributed by atoms with van der Waals surface area (Å²) in [7, 11) is 3.22. The molecule has 0 saturated carbocycles. The highest BCUT2D eigenvalue weighted by molar-refractivity contribution is 8.23. The summed E-state index contributed by atoms with van der Waals surface area (Å²) < 4.78 is 10.7. The van der Waals surface area contributed by atoms with Crippen molar-refractivity contribution < 1.29 is 14.3 Å². The first-order valence-corrected chi connectivity index (χ1v) is 10.3. The molecule has 0 atom stereocenters. The molecule has 2 heterocycles. The fourth-order valence-electron chi connectivity index (χ4n) is 3.91. The second-order valence-corrected chi connectivity index (χ2v) is 11.1. The molecule has 2 bridgehead atoms. The number of fused-ring (bicyclic) bond motifs is 2. The van der Waals surface area contributed by atoms with Crippen molar-refractivity contribution >= 4 is 23.4 Å². The fourth-order valence-corrected chi connectivity index (χ4v) is 9.47. The quantitative estimate of drug-likeness (QED) is 0.786. The van der Waals surface area contributed by atoms with Crippen LogP contribution in [-0.4, -0.2) is 31.1 Å². The highest BCUT2D eigenvalue weighted by Gasteiger charge is 2.52. The summed E-state index contributed by atoms with van der Waals surface area (Å²) in [6.45, 7) is 1.94. The molecule has 0 spiro atoms. The molecule has 21 heavy (non-hydrogen) atoms. The Morgan fingerprint density at radius 3 is 2.19 bits per heavy atom. The molecule has 0 radical (unpaired) electrons. The first kappa shape index (κ1) is 15.1. The first-order chi connectivity index (χ1) is 10.0. The summed E-state index contributed by atoms with van der Waals surface area (Å²) in [6.07, 6.45) is 4.58. The monoisotopic (exact) mass is 324 g/mol. The van der Waals surface area contributed by atoms with Gasteiger partial charge in [-0.15, -0.1) is 0 Å². The molecule has 2 saturated heterocycles. The summed E-state index contributed by atoms with van der Waals surface area (Å²) in [4.78, 5) is 13.3. The van der Waals surface area contributed by atoms with Gasteiger partial charge in [0, 0.05) is 12.1 Å². The lowest BCUT2D eigenvalue weighted by Crippen LogP contribution is -2.12. The predicted octanol–water partition coefficient (Wildman–Crippen LogP) is 3.96. The van der Waals surface area contributed by atoms with Gasteiger partial charge in [-0.25, -0.2) is 0 Å². The van der Waals surface area contributed by atoms with E-state index in [1.807, 2.05) is 13.0 Å². The molecule has 0 aliphatic carbocycles. The molecule has 0 N–H and O–H groups in total. The molecule has 2 aliphatic rings. The third-order valence-corrected chi connectivity index (χ3v) is 11.4. The highest BCUT2D eigenvalue weighted by atomic mass is 32.4. The zero-order valence-electron chi connectivity index (χ0n) is 12.7. The van der Waals surface area contributed by atoms with E-state index in [4.69, 9.17) is 21.3 Å². The topological polar surface area (TPSA) is 35.5 Å². The van der Waals surface area contributed by atoms with Gasteiger partial charge in [0.05, 0.1) is 19.8 Å². The number of benzene rings is 1. The molecular weight excluding hydrogens is 303 g/mol. The number of rotatable bonds is 4. The average Bonchev–Trinajstić information content (AvgIpc) is 2.99. The SMILES string of the molecule is COc1cc(C)c(C(=O)P2(=S)C3CCC2CC3)c(OC)c1. The minimum atomic E-state index is -1.97. The van der Waals surface area contributed by atoms with Gasteiger partial charge in [-0.2, -0.15) is 0 Å². The van der Waals surface area contributed by atoms with Gasteiger partial charge in [-0.3, -0.25) is 4.79 Å². The Balaban J connectivity index is 2.09. The van der Waals surface area contributed by atoms with Crippen molar-refractivity contribution in [3.63, 3.8) is 0 Å². The lowest BCUT2D eigenvalue weighted by atomic mass is 10.0. The second-order valence-electron chi connectivity index (χ2n) is 6.00. The normalized spacial score (nSPS) is 30.4. The van der Waals surface area contributed by atoms with Crippen LogP contribution in [-0.2, 0) is 11.8 Å². The molecule has 2 aliphatic heterocycles. The molecule has 1 aromatic rings. The van der Waals surface area contributed by atoms with Crippen LogP contribution in [0.3, 0.4) is 0 Å². The average molecular weight is 324 g/mol. The molecule has 0 aromatic heterocycles. The zero-order chi connectivity index (χ0) is 15.2. The van der Waals surface area contributed by atoms with Crippen molar-refractivity contribution in [3.05, 3.63) is 23.3 Å². The summed E-state index contributed by atoms with van der Waals surface area (Å²) in [6, 6.07) is 1.72. The van der Waals surface area contributed by atoms with Gasteiger partial charge in [-0.1, -0.05) is 11.8 Å². The number of aryl methyl sites for hydroxylation is 1. The summed E-state index contributed by atoms with van der Waals surface area (Å²) in [5.74, 6) is 1.32. The minimum absolute atomic E-state index is 0.194. The Kier molecular flexibility index (Phi) is 3.87. The summed E-state index contributed by atoms with van der Waals surface area (Å²) >= 11 is 5.98. The van der Waals surface area contributed by atoms with Crippen LogP contribution >= 0.6 is 6.04 Å². The van der Waals surface area contributed by atoms with Gasteiger partial charge in [0.1, 0.15) is 11.5 Å². The molecule has 0 unspecified atom stereocenters. The van der Waals surface area contributed by atoms with Crippen molar-refractivity contribution in [2.24, 2.45) is 0 Å². The van der Waals surface area contributed by atoms with E-state index in [9.17, 15) is 4.79 Å². The second kappa shape index (κ2) is 5.40. The van der Waals surface area contributed by atoms with Crippen LogP contribution in [0.2, 0.25) is 0 Å². The lowest BCUT2D eigenvalue weighted by molar-refractivity contribution is 0.107. The maximum Gasteiger partial charge on any atom is 0.198 e. The number of carbonyl (C=O) groups excluding carboxylic acids is 1. The van der Waals surface area contributed by atoms with Gasteiger partial charge in [-0.05, 0) is 55.6 Å². The molecule has 114 valence electrons. The van der Waals surface area contributed by atoms with Gasteiger partial charge < -0.3 is 9.47 Å². The maximum absolute atomic E-state index is 13.3. The van der Waals surface area contributed by atoms with E-state index < -0.39 is 6.04 Å². The Hall–Kier alpha value is -0.860. The molecule has 2 fully saturated rings. The Morgan fingerprint density at radius 2 is 1.71 bits per heavy atom. The first-order valence-electron chi connectivity index (χ1n) is 7.39. The Labute approximate surface area is 131 Å². The van der Waals surface area contributed by atoms with Crippen LogP contribution < -0.4 is 9.47 Å². The van der Waals surface area contributed by atoms with Crippen molar-refractivity contribution in [1.82, 2.24) is 0 Å². The molecular formula is C16H21O3PS. The molecule has 5 heteroatoms. The smallest absolute Gasteiger partial charge is 0.198 e. The van der Waals surface area contributed by atoms with Crippen molar-refractivity contribution in [3.8, 4) is 11.5 Å². The van der Waals surface area contributed by atoms with Crippen LogP contribution in [0.15, 0.2) is 12.1 Å². The Bertz CT molecular complexity index is 617. The third-order valence-electron chi connectivity index (χ3n) is 5.01. The van der Waals surface area contributed by atoms with E-state index in [0.717, 1.165) is 31.2 Å². The van der Waals surface area contributed by atoms with Crippen LogP contribution in [0.4, 0.5) is 0 Å². The predicted molar refractivity (Wildman–Crippen MR) is 88.9 cm³/mol. The van der Waals surface area contributed by atoms with Crippen LogP contribution in [0, 0.1) is 6.92 Å². The van der Waals surface area contributed by atoms with Crippen molar-refractivity contribution in [2.45, 2.75) is 43.9 Å². The van der Waals surface area contributed by atoms with Gasteiger partial charge in [0.15, 0.2) is 5.52 Å². The summed E-state index contributed by atoms with van der Waals surface area (Å²) in [5, 5.41) is 0. The maximum atomic E-state index is 13.3. The molecule has 3 nitrogen and oxygen atoms in total. The van der Waals surface area contributed by atoms with E-state index in [2.05, 4.69) is 0 Å². The zero-order valence-corrected chi connectivity index (χ0v) is 14.4. The fraction of sp³-hybridized carbons (Fsp3) is 0.562. The van der Waals surface area contributed by atoms with E-state index in [1.54, 1.807) is 20.3 Å². The number of hydrogen-bond acceptors (Lipinski definition) is 4. The van der Waals surface area contributed by atoms with Crippen LogP contribution in [0.5, 0.6) is 11.5 Å².